The van der Waals surface area contributed by atoms with E-state index in [-0.39, 0.29) is 0 Å². The van der Waals surface area contributed by atoms with Crippen molar-refractivity contribution >= 4 is 57.3 Å². The SMILES string of the molecule is CCc1ccccc1N=C(N)Nc1cccc(C)c1.CCc1ccccc1N=C(N)Nc1ccccc1I. The van der Waals surface area contributed by atoms with E-state index in [1.807, 2.05) is 91.9 Å². The largest absolute Gasteiger partial charge is 0.369 e. The first-order valence-corrected chi connectivity index (χ1v) is 13.7. The van der Waals surface area contributed by atoms with Gasteiger partial charge in [0.25, 0.3) is 0 Å². The first-order chi connectivity index (χ1) is 18.4. The molecule has 0 radical (unpaired) electrons. The van der Waals surface area contributed by atoms with Crippen LogP contribution < -0.4 is 22.1 Å². The van der Waals surface area contributed by atoms with Crippen molar-refractivity contribution in [2.45, 2.75) is 33.6 Å². The van der Waals surface area contributed by atoms with Crippen LogP contribution in [-0.4, -0.2) is 11.9 Å². The minimum Gasteiger partial charge on any atom is -0.369 e. The number of rotatable bonds is 6. The molecular formula is C31H35IN6. The number of nitrogens with two attached hydrogens (primary N) is 2. The Bertz CT molecular complexity index is 1400. The lowest BCUT2D eigenvalue weighted by atomic mass is 10.1. The lowest BCUT2D eigenvalue weighted by molar-refractivity contribution is 1.13. The molecule has 0 bridgehead atoms. The molecule has 0 aliphatic rings. The summed E-state index contributed by atoms with van der Waals surface area (Å²) < 4.78 is 1.11. The van der Waals surface area contributed by atoms with E-state index in [4.69, 9.17) is 11.5 Å². The number of hydrogen-bond donors (Lipinski definition) is 4. The maximum Gasteiger partial charge on any atom is 0.198 e. The predicted octanol–water partition coefficient (Wildman–Crippen LogP) is 7.53. The van der Waals surface area contributed by atoms with Crippen molar-refractivity contribution in [2.75, 3.05) is 10.6 Å². The van der Waals surface area contributed by atoms with Crippen molar-refractivity contribution in [2.24, 2.45) is 21.5 Å². The molecular weight excluding hydrogens is 583 g/mol. The third kappa shape index (κ3) is 8.92. The molecule has 0 aliphatic carbocycles. The van der Waals surface area contributed by atoms with E-state index >= 15 is 0 Å². The molecule has 0 aromatic heterocycles. The van der Waals surface area contributed by atoms with Gasteiger partial charge in [-0.15, -0.1) is 0 Å². The minimum absolute atomic E-state index is 0.407. The van der Waals surface area contributed by atoms with Gasteiger partial charge in [-0.2, -0.15) is 0 Å². The van der Waals surface area contributed by atoms with E-state index in [1.165, 1.54) is 16.7 Å². The van der Waals surface area contributed by atoms with Crippen LogP contribution in [0.25, 0.3) is 0 Å². The molecule has 6 nitrogen and oxygen atoms in total. The van der Waals surface area contributed by atoms with Gasteiger partial charge in [0.15, 0.2) is 11.9 Å². The number of aliphatic imine (C=N–C) groups is 2. The maximum absolute atomic E-state index is 5.97. The third-order valence-corrected chi connectivity index (χ3v) is 6.59. The number of guanidine groups is 2. The van der Waals surface area contributed by atoms with Crippen LogP contribution in [-0.2, 0) is 12.8 Å². The molecule has 0 aliphatic heterocycles. The Morgan fingerprint density at radius 3 is 1.76 bits per heavy atom. The average Bonchev–Trinajstić information content (AvgIpc) is 2.91. The first kappa shape index (κ1) is 28.7. The van der Waals surface area contributed by atoms with Gasteiger partial charge in [0.05, 0.1) is 17.1 Å². The molecule has 0 unspecified atom stereocenters. The van der Waals surface area contributed by atoms with Crippen LogP contribution in [0.2, 0.25) is 0 Å². The number of halogens is 1. The predicted molar refractivity (Wildman–Crippen MR) is 172 cm³/mol. The van der Waals surface area contributed by atoms with Crippen LogP contribution in [0.3, 0.4) is 0 Å². The topological polar surface area (TPSA) is 101 Å². The summed E-state index contributed by atoms with van der Waals surface area (Å²) in [6.07, 6.45) is 1.88. The number of aryl methyl sites for hydroxylation is 3. The molecule has 0 spiro atoms. The normalized spacial score (nSPS) is 11.4. The van der Waals surface area contributed by atoms with Crippen LogP contribution in [0.1, 0.15) is 30.5 Å². The second-order valence-electron chi connectivity index (χ2n) is 8.56. The number of hydrogen-bond acceptors (Lipinski definition) is 2. The van der Waals surface area contributed by atoms with Crippen LogP contribution >= 0.6 is 22.6 Å². The number of benzene rings is 4. The van der Waals surface area contributed by atoms with Gasteiger partial charge >= 0.3 is 0 Å². The molecule has 0 atom stereocenters. The standard InChI is InChI=1S/C16H19N3.C15H16IN3/c1-3-13-8-4-5-10-15(13)19-16(17)18-14-9-6-7-12(2)11-14;1-2-11-7-3-5-9-13(11)18-15(17)19-14-10-6-4-8-12(14)16/h4-11H,3H2,1-2H3,(H3,17,18,19);3-10H,2H2,1H3,(H3,17,18,19). The van der Waals surface area contributed by atoms with E-state index in [1.54, 1.807) is 0 Å². The fraction of sp³-hybridized carbons (Fsp3) is 0.161. The van der Waals surface area contributed by atoms with Gasteiger partial charge in [0.1, 0.15) is 0 Å². The Balaban J connectivity index is 0.000000211. The van der Waals surface area contributed by atoms with E-state index < -0.39 is 0 Å². The molecule has 0 heterocycles. The van der Waals surface area contributed by atoms with Crippen LogP contribution in [0, 0.1) is 10.5 Å². The monoisotopic (exact) mass is 618 g/mol. The van der Waals surface area contributed by atoms with E-state index in [0.29, 0.717) is 11.9 Å². The Morgan fingerprint density at radius 2 is 1.21 bits per heavy atom. The first-order valence-electron chi connectivity index (χ1n) is 12.6. The highest BCUT2D eigenvalue weighted by Crippen LogP contribution is 2.21. The van der Waals surface area contributed by atoms with Gasteiger partial charge < -0.3 is 22.1 Å². The smallest absolute Gasteiger partial charge is 0.198 e. The highest BCUT2D eigenvalue weighted by molar-refractivity contribution is 14.1. The Hall–Kier alpha value is -3.85. The van der Waals surface area contributed by atoms with Crippen LogP contribution in [0.15, 0.2) is 107 Å². The van der Waals surface area contributed by atoms with E-state index in [9.17, 15) is 0 Å². The Labute approximate surface area is 239 Å². The summed E-state index contributed by atoms with van der Waals surface area (Å²) in [5.41, 5.74) is 19.2. The zero-order valence-electron chi connectivity index (χ0n) is 22.1. The summed E-state index contributed by atoms with van der Waals surface area (Å²) in [4.78, 5) is 8.88. The zero-order chi connectivity index (χ0) is 27.3. The van der Waals surface area contributed by atoms with Crippen molar-refractivity contribution in [1.82, 2.24) is 0 Å². The molecule has 6 N–H and O–H groups in total. The van der Waals surface area contributed by atoms with Gasteiger partial charge in [0, 0.05) is 9.26 Å². The lowest BCUT2D eigenvalue weighted by Gasteiger charge is -2.08. The molecule has 7 heteroatoms. The van der Waals surface area contributed by atoms with E-state index in [2.05, 4.69) is 69.2 Å². The molecule has 4 rings (SSSR count). The second kappa shape index (κ2) is 14.8. The van der Waals surface area contributed by atoms with Gasteiger partial charge in [-0.1, -0.05) is 74.5 Å². The molecule has 4 aromatic rings. The van der Waals surface area contributed by atoms with Gasteiger partial charge in [0.2, 0.25) is 0 Å². The maximum atomic E-state index is 5.97. The van der Waals surface area contributed by atoms with Crippen LogP contribution in [0.4, 0.5) is 22.7 Å². The van der Waals surface area contributed by atoms with Crippen molar-refractivity contribution < 1.29 is 0 Å². The summed E-state index contributed by atoms with van der Waals surface area (Å²) in [5.74, 6) is 0.816. The molecule has 0 amide bonds. The number of nitrogens with one attached hydrogen (secondary N) is 2. The fourth-order valence-electron chi connectivity index (χ4n) is 3.72. The zero-order valence-corrected chi connectivity index (χ0v) is 24.2. The fourth-order valence-corrected chi connectivity index (χ4v) is 4.25. The number of nitrogens with zero attached hydrogens (tertiary/aromatic N) is 2. The van der Waals surface area contributed by atoms with E-state index in [0.717, 1.165) is 39.2 Å². The molecule has 0 fully saturated rings. The summed E-state index contributed by atoms with van der Waals surface area (Å²) in [6, 6.07) is 32.1. The number of para-hydroxylation sites is 3. The van der Waals surface area contributed by atoms with Crippen molar-refractivity contribution in [3.8, 4) is 0 Å². The minimum atomic E-state index is 0.407. The summed E-state index contributed by atoms with van der Waals surface area (Å²) in [7, 11) is 0. The van der Waals surface area contributed by atoms with Gasteiger partial charge in [-0.3, -0.25) is 0 Å². The number of anilines is 2. The highest BCUT2D eigenvalue weighted by Gasteiger charge is 2.03. The quantitative estimate of drug-likeness (QED) is 0.102. The van der Waals surface area contributed by atoms with Crippen molar-refractivity contribution in [3.05, 3.63) is 117 Å². The third-order valence-electron chi connectivity index (χ3n) is 5.65. The average molecular weight is 619 g/mol. The Kier molecular flexibility index (Phi) is 11.2. The lowest BCUT2D eigenvalue weighted by Crippen LogP contribution is -2.22. The molecule has 4 aromatic carbocycles. The summed E-state index contributed by atoms with van der Waals surface area (Å²) in [6.45, 7) is 6.27. The Morgan fingerprint density at radius 1 is 0.684 bits per heavy atom. The summed E-state index contributed by atoms with van der Waals surface area (Å²) in [5, 5.41) is 6.24. The van der Waals surface area contributed by atoms with Gasteiger partial charge in [-0.25, -0.2) is 9.98 Å². The molecule has 38 heavy (non-hydrogen) atoms. The highest BCUT2D eigenvalue weighted by atomic mass is 127. The summed E-state index contributed by atoms with van der Waals surface area (Å²) >= 11 is 2.27. The van der Waals surface area contributed by atoms with Gasteiger partial charge in [-0.05, 0) is 95.4 Å². The molecule has 196 valence electrons. The van der Waals surface area contributed by atoms with Crippen molar-refractivity contribution in [3.63, 3.8) is 0 Å². The molecule has 0 saturated carbocycles. The van der Waals surface area contributed by atoms with Crippen molar-refractivity contribution in [1.29, 1.82) is 0 Å². The van der Waals surface area contributed by atoms with Crippen LogP contribution in [0.5, 0.6) is 0 Å². The molecule has 0 saturated heterocycles. The second-order valence-corrected chi connectivity index (χ2v) is 9.72.